The molecule has 0 aliphatic heterocycles. The maximum Gasteiger partial charge on any atom is 0.144 e. The maximum atomic E-state index is 4.80. The lowest BCUT2D eigenvalue weighted by Gasteiger charge is -2.15. The van der Waals surface area contributed by atoms with Crippen LogP contribution in [0.5, 0.6) is 0 Å². The largest absolute Gasteiger partial charge is 0.372 e. The minimum Gasteiger partial charge on any atom is -0.372 e. The number of unbranched alkanes of at least 4 members (excludes halogenated alkanes) is 1. The van der Waals surface area contributed by atoms with Crippen molar-refractivity contribution in [1.82, 2.24) is 9.97 Å². The molecule has 2 rings (SSSR count). The molecule has 1 aliphatic rings. The van der Waals surface area contributed by atoms with Gasteiger partial charge in [-0.25, -0.2) is 9.97 Å². The molecule has 1 heterocycles. The van der Waals surface area contributed by atoms with Gasteiger partial charge in [-0.2, -0.15) is 0 Å². The van der Waals surface area contributed by atoms with Gasteiger partial charge in [-0.05, 0) is 35.2 Å². The zero-order valence-corrected chi connectivity index (χ0v) is 12.9. The smallest absolute Gasteiger partial charge is 0.144 e. The number of nitrogens with one attached hydrogen (secondary N) is 1. The Hall–Kier alpha value is -0.640. The molecule has 1 aliphatic carbocycles. The van der Waals surface area contributed by atoms with Gasteiger partial charge < -0.3 is 5.32 Å². The minimum absolute atomic E-state index is 0.620. The summed E-state index contributed by atoms with van der Waals surface area (Å²) in [4.78, 5) is 9.39. The van der Waals surface area contributed by atoms with E-state index < -0.39 is 0 Å². The third-order valence-electron chi connectivity index (χ3n) is 3.66. The van der Waals surface area contributed by atoms with Crippen molar-refractivity contribution >= 4 is 21.7 Å². The molecular weight excluding hydrogens is 290 g/mol. The molecule has 18 heavy (non-hydrogen) atoms. The first-order valence-electron chi connectivity index (χ1n) is 7.00. The summed E-state index contributed by atoms with van der Waals surface area (Å²) in [5.41, 5.74) is 1.22. The lowest BCUT2D eigenvalue weighted by molar-refractivity contribution is 0.669. The number of nitrogens with zero attached hydrogens (tertiary/aromatic N) is 2. The second kappa shape index (κ2) is 6.50. The van der Waals surface area contributed by atoms with Crippen LogP contribution >= 0.6 is 15.9 Å². The van der Waals surface area contributed by atoms with E-state index in [0.717, 1.165) is 29.0 Å². The lowest BCUT2D eigenvalue weighted by Crippen LogP contribution is -2.08. The monoisotopic (exact) mass is 311 g/mol. The van der Waals surface area contributed by atoms with Gasteiger partial charge in [0.05, 0.1) is 10.2 Å². The van der Waals surface area contributed by atoms with Crippen LogP contribution in [0.25, 0.3) is 0 Å². The Balaban J connectivity index is 2.30. The minimum atomic E-state index is 0.620. The fourth-order valence-corrected chi connectivity index (χ4v) is 3.29. The summed E-state index contributed by atoms with van der Waals surface area (Å²) < 4.78 is 1.07. The predicted molar refractivity (Wildman–Crippen MR) is 79.1 cm³/mol. The quantitative estimate of drug-likeness (QED) is 0.882. The summed E-state index contributed by atoms with van der Waals surface area (Å²) >= 11 is 3.67. The standard InChI is InChI=1S/C14H22BrN3/c1-3-4-9-11-17-13(10-7-5-6-8-10)12(15)14(16-2)18-11/h10H,3-9H2,1-2H3,(H,16,17,18). The summed E-state index contributed by atoms with van der Waals surface area (Å²) in [5.74, 6) is 2.55. The van der Waals surface area contributed by atoms with Gasteiger partial charge in [0.1, 0.15) is 11.6 Å². The second-order valence-corrected chi connectivity index (χ2v) is 5.82. The number of aromatic nitrogens is 2. The van der Waals surface area contributed by atoms with Crippen molar-refractivity contribution in [3.05, 3.63) is 16.0 Å². The van der Waals surface area contributed by atoms with Crippen LogP contribution in [0, 0.1) is 0 Å². The van der Waals surface area contributed by atoms with Crippen LogP contribution in [0.1, 0.15) is 62.9 Å². The van der Waals surface area contributed by atoms with Crippen LogP contribution in [-0.2, 0) is 6.42 Å². The van der Waals surface area contributed by atoms with E-state index >= 15 is 0 Å². The van der Waals surface area contributed by atoms with E-state index in [1.165, 1.54) is 37.8 Å². The SMILES string of the molecule is CCCCc1nc(NC)c(Br)c(C2CCCC2)n1. The highest BCUT2D eigenvalue weighted by atomic mass is 79.9. The molecule has 1 N–H and O–H groups in total. The van der Waals surface area contributed by atoms with E-state index in [0.29, 0.717) is 5.92 Å². The highest BCUT2D eigenvalue weighted by Crippen LogP contribution is 2.38. The van der Waals surface area contributed by atoms with Gasteiger partial charge in [0, 0.05) is 19.4 Å². The molecule has 0 unspecified atom stereocenters. The van der Waals surface area contributed by atoms with E-state index in [2.05, 4.69) is 33.2 Å². The van der Waals surface area contributed by atoms with Gasteiger partial charge in [-0.1, -0.05) is 26.2 Å². The van der Waals surface area contributed by atoms with E-state index in [9.17, 15) is 0 Å². The van der Waals surface area contributed by atoms with Gasteiger partial charge in [-0.15, -0.1) is 0 Å². The first kappa shape index (κ1) is 13.8. The first-order valence-corrected chi connectivity index (χ1v) is 7.79. The molecule has 1 saturated carbocycles. The highest BCUT2D eigenvalue weighted by Gasteiger charge is 2.23. The van der Waals surface area contributed by atoms with Gasteiger partial charge in [0.25, 0.3) is 0 Å². The Morgan fingerprint density at radius 2 is 2.00 bits per heavy atom. The number of anilines is 1. The van der Waals surface area contributed by atoms with Crippen LogP contribution < -0.4 is 5.32 Å². The molecule has 100 valence electrons. The summed E-state index contributed by atoms with van der Waals surface area (Å²) in [6.07, 6.45) is 8.54. The van der Waals surface area contributed by atoms with E-state index in [-0.39, 0.29) is 0 Å². The molecule has 1 aromatic heterocycles. The molecule has 3 nitrogen and oxygen atoms in total. The molecule has 0 atom stereocenters. The van der Waals surface area contributed by atoms with E-state index in [1.807, 2.05) is 7.05 Å². The fourth-order valence-electron chi connectivity index (χ4n) is 2.59. The number of rotatable bonds is 5. The summed E-state index contributed by atoms with van der Waals surface area (Å²) in [6.45, 7) is 2.20. The zero-order valence-electron chi connectivity index (χ0n) is 11.3. The molecule has 0 bridgehead atoms. The van der Waals surface area contributed by atoms with E-state index in [4.69, 9.17) is 4.98 Å². The zero-order chi connectivity index (χ0) is 13.0. The summed E-state index contributed by atoms with van der Waals surface area (Å²) in [6, 6.07) is 0. The Morgan fingerprint density at radius 3 is 2.61 bits per heavy atom. The van der Waals surface area contributed by atoms with Crippen molar-refractivity contribution in [2.24, 2.45) is 0 Å². The van der Waals surface area contributed by atoms with Gasteiger partial charge in [-0.3, -0.25) is 0 Å². The highest BCUT2D eigenvalue weighted by molar-refractivity contribution is 9.10. The van der Waals surface area contributed by atoms with Crippen molar-refractivity contribution in [2.45, 2.75) is 57.8 Å². The molecule has 0 amide bonds. The van der Waals surface area contributed by atoms with Crippen LogP contribution in [0.3, 0.4) is 0 Å². The third-order valence-corrected chi connectivity index (χ3v) is 4.44. The van der Waals surface area contributed by atoms with Gasteiger partial charge in [0.2, 0.25) is 0 Å². The van der Waals surface area contributed by atoms with Crippen molar-refractivity contribution in [3.63, 3.8) is 0 Å². The van der Waals surface area contributed by atoms with E-state index in [1.54, 1.807) is 0 Å². The topological polar surface area (TPSA) is 37.8 Å². The average Bonchev–Trinajstić information content (AvgIpc) is 2.91. The number of halogens is 1. The summed E-state index contributed by atoms with van der Waals surface area (Å²) in [7, 11) is 1.93. The van der Waals surface area contributed by atoms with Crippen molar-refractivity contribution in [2.75, 3.05) is 12.4 Å². The third kappa shape index (κ3) is 3.02. The molecular formula is C14H22BrN3. The Kier molecular flexibility index (Phi) is 4.98. The molecule has 1 fully saturated rings. The molecule has 0 spiro atoms. The van der Waals surface area contributed by atoms with Crippen molar-refractivity contribution in [3.8, 4) is 0 Å². The van der Waals surface area contributed by atoms with Crippen LogP contribution in [0.4, 0.5) is 5.82 Å². The maximum absolute atomic E-state index is 4.80. The molecule has 1 aromatic rings. The molecule has 0 aromatic carbocycles. The number of hydrogen-bond donors (Lipinski definition) is 1. The Bertz CT molecular complexity index is 400. The molecule has 0 saturated heterocycles. The van der Waals surface area contributed by atoms with Crippen LogP contribution in [-0.4, -0.2) is 17.0 Å². The summed E-state index contributed by atoms with van der Waals surface area (Å²) in [5, 5.41) is 3.18. The lowest BCUT2D eigenvalue weighted by atomic mass is 10.0. The molecule has 4 heteroatoms. The number of aryl methyl sites for hydroxylation is 1. The van der Waals surface area contributed by atoms with Crippen LogP contribution in [0.2, 0.25) is 0 Å². The predicted octanol–water partition coefficient (Wildman–Crippen LogP) is 4.28. The Morgan fingerprint density at radius 1 is 1.28 bits per heavy atom. The van der Waals surface area contributed by atoms with Crippen molar-refractivity contribution < 1.29 is 0 Å². The number of hydrogen-bond acceptors (Lipinski definition) is 3. The normalized spacial score (nSPS) is 16.2. The fraction of sp³-hybridized carbons (Fsp3) is 0.714. The molecule has 0 radical (unpaired) electrons. The van der Waals surface area contributed by atoms with Crippen molar-refractivity contribution in [1.29, 1.82) is 0 Å². The first-order chi connectivity index (χ1) is 8.76. The van der Waals surface area contributed by atoms with Gasteiger partial charge >= 0.3 is 0 Å². The second-order valence-electron chi connectivity index (χ2n) is 5.02. The van der Waals surface area contributed by atoms with Crippen LogP contribution in [0.15, 0.2) is 4.47 Å². The average molecular weight is 312 g/mol. The Labute approximate surface area is 118 Å². The van der Waals surface area contributed by atoms with Gasteiger partial charge in [0.15, 0.2) is 0 Å².